The summed E-state index contributed by atoms with van der Waals surface area (Å²) in [7, 11) is 0. The first-order valence-corrected chi connectivity index (χ1v) is 7.82. The van der Waals surface area contributed by atoms with Gasteiger partial charge >= 0.3 is 0 Å². The summed E-state index contributed by atoms with van der Waals surface area (Å²) in [6.45, 7) is 5.73. The van der Waals surface area contributed by atoms with Crippen molar-refractivity contribution in [2.45, 2.75) is 33.2 Å². The highest BCUT2D eigenvalue weighted by Crippen LogP contribution is 2.21. The van der Waals surface area contributed by atoms with Crippen LogP contribution < -0.4 is 10.6 Å². The fourth-order valence-electron chi connectivity index (χ4n) is 1.78. The lowest BCUT2D eigenvalue weighted by Crippen LogP contribution is -2.34. The molecule has 2 N–H and O–H groups in total. The molecule has 0 aliphatic rings. The third kappa shape index (κ3) is 4.15. The number of nitrogens with one attached hydrogen (secondary N) is 2. The quantitative estimate of drug-likeness (QED) is 0.881. The zero-order chi connectivity index (χ0) is 15.4. The van der Waals surface area contributed by atoms with Crippen molar-refractivity contribution in [1.29, 1.82) is 0 Å². The van der Waals surface area contributed by atoms with Gasteiger partial charge in [-0.25, -0.2) is 0 Å². The SMILES string of the molecule is CC[C@@H](Nc1ccc(C)c(Cl)c1)C(=O)Nc1nnc(C)s1. The van der Waals surface area contributed by atoms with E-state index < -0.39 is 0 Å². The molecule has 1 aromatic heterocycles. The van der Waals surface area contributed by atoms with Crippen LogP contribution in [0.15, 0.2) is 18.2 Å². The highest BCUT2D eigenvalue weighted by molar-refractivity contribution is 7.15. The number of nitrogens with zero attached hydrogens (tertiary/aromatic N) is 2. The predicted molar refractivity (Wildman–Crippen MR) is 87.2 cm³/mol. The molecule has 0 fully saturated rings. The Bertz CT molecular complexity index is 644. The molecule has 0 bridgehead atoms. The normalized spacial score (nSPS) is 12.0. The van der Waals surface area contributed by atoms with Gasteiger partial charge in [0.15, 0.2) is 0 Å². The Morgan fingerprint density at radius 1 is 1.38 bits per heavy atom. The minimum atomic E-state index is -0.354. The topological polar surface area (TPSA) is 66.9 Å². The molecule has 2 aromatic rings. The molecule has 1 heterocycles. The van der Waals surface area contributed by atoms with Gasteiger partial charge in [-0.2, -0.15) is 0 Å². The Morgan fingerprint density at radius 2 is 2.14 bits per heavy atom. The molecule has 0 unspecified atom stereocenters. The van der Waals surface area contributed by atoms with E-state index in [4.69, 9.17) is 11.6 Å². The average molecular weight is 325 g/mol. The van der Waals surface area contributed by atoms with Gasteiger partial charge in [0.05, 0.1) is 0 Å². The number of hydrogen-bond donors (Lipinski definition) is 2. The molecule has 0 spiro atoms. The first-order valence-electron chi connectivity index (χ1n) is 6.63. The van der Waals surface area contributed by atoms with Crippen LogP contribution in [0.1, 0.15) is 23.9 Å². The fourth-order valence-corrected chi connectivity index (χ4v) is 2.55. The highest BCUT2D eigenvalue weighted by atomic mass is 35.5. The molecule has 2 rings (SSSR count). The summed E-state index contributed by atoms with van der Waals surface area (Å²) in [5.74, 6) is -0.134. The van der Waals surface area contributed by atoms with Gasteiger partial charge < -0.3 is 5.32 Å². The third-order valence-electron chi connectivity index (χ3n) is 2.99. The molecule has 1 amide bonds. The number of aromatic nitrogens is 2. The van der Waals surface area contributed by atoms with Gasteiger partial charge in [-0.15, -0.1) is 10.2 Å². The number of carbonyl (C=O) groups excluding carboxylic acids is 1. The summed E-state index contributed by atoms with van der Waals surface area (Å²) < 4.78 is 0. The molecule has 0 radical (unpaired) electrons. The van der Waals surface area contributed by atoms with Crippen LogP contribution in [0.4, 0.5) is 10.8 Å². The number of rotatable bonds is 5. The lowest BCUT2D eigenvalue weighted by Gasteiger charge is -2.17. The maximum atomic E-state index is 12.2. The predicted octanol–water partition coefficient (Wildman–Crippen LogP) is 3.64. The van der Waals surface area contributed by atoms with Gasteiger partial charge in [-0.3, -0.25) is 10.1 Å². The van der Waals surface area contributed by atoms with Crippen molar-refractivity contribution in [1.82, 2.24) is 10.2 Å². The molecule has 112 valence electrons. The van der Waals surface area contributed by atoms with Crippen LogP contribution in [0, 0.1) is 13.8 Å². The van der Waals surface area contributed by atoms with Gasteiger partial charge in [0.1, 0.15) is 11.0 Å². The second kappa shape index (κ2) is 6.87. The summed E-state index contributed by atoms with van der Waals surface area (Å²) in [6, 6.07) is 5.30. The number of aryl methyl sites for hydroxylation is 2. The number of hydrogen-bond acceptors (Lipinski definition) is 5. The van der Waals surface area contributed by atoms with E-state index in [1.807, 2.05) is 39.0 Å². The number of carbonyl (C=O) groups is 1. The summed E-state index contributed by atoms with van der Waals surface area (Å²) >= 11 is 7.45. The maximum Gasteiger partial charge on any atom is 0.248 e. The van der Waals surface area contributed by atoms with Crippen molar-refractivity contribution in [3.05, 3.63) is 33.8 Å². The van der Waals surface area contributed by atoms with Crippen molar-refractivity contribution in [3.8, 4) is 0 Å². The van der Waals surface area contributed by atoms with Crippen LogP contribution in [0.3, 0.4) is 0 Å². The van der Waals surface area contributed by atoms with E-state index in [-0.39, 0.29) is 11.9 Å². The number of benzene rings is 1. The van der Waals surface area contributed by atoms with Crippen LogP contribution in [0.2, 0.25) is 5.02 Å². The highest BCUT2D eigenvalue weighted by Gasteiger charge is 2.18. The summed E-state index contributed by atoms with van der Waals surface area (Å²) in [5.41, 5.74) is 1.82. The number of anilines is 2. The molecule has 0 aliphatic heterocycles. The van der Waals surface area contributed by atoms with Gasteiger partial charge in [0.2, 0.25) is 11.0 Å². The molecule has 0 saturated heterocycles. The molecule has 0 aliphatic carbocycles. The van der Waals surface area contributed by atoms with Crippen LogP contribution in [0.25, 0.3) is 0 Å². The Kier molecular flexibility index (Phi) is 5.14. The second-order valence-corrected chi connectivity index (χ2v) is 6.27. The smallest absolute Gasteiger partial charge is 0.248 e. The van der Waals surface area contributed by atoms with E-state index in [1.165, 1.54) is 11.3 Å². The fraction of sp³-hybridized carbons (Fsp3) is 0.357. The first kappa shape index (κ1) is 15.7. The maximum absolute atomic E-state index is 12.2. The van der Waals surface area contributed by atoms with E-state index in [0.717, 1.165) is 16.3 Å². The third-order valence-corrected chi connectivity index (χ3v) is 4.15. The molecule has 7 heteroatoms. The molecule has 0 saturated carbocycles. The molecule has 1 atom stereocenters. The molecular weight excluding hydrogens is 308 g/mol. The molecule has 1 aromatic carbocycles. The van der Waals surface area contributed by atoms with Gasteiger partial charge in [-0.1, -0.05) is 35.9 Å². The Labute approximate surface area is 132 Å². The lowest BCUT2D eigenvalue weighted by atomic mass is 10.1. The zero-order valence-corrected chi connectivity index (χ0v) is 13.7. The van der Waals surface area contributed by atoms with Gasteiger partial charge in [0.25, 0.3) is 0 Å². The summed E-state index contributed by atoms with van der Waals surface area (Å²) in [5, 5.41) is 15.7. The Hall–Kier alpha value is -1.66. The van der Waals surface area contributed by atoms with E-state index >= 15 is 0 Å². The first-order chi connectivity index (χ1) is 9.99. The van der Waals surface area contributed by atoms with Crippen molar-refractivity contribution in [2.24, 2.45) is 0 Å². The van der Waals surface area contributed by atoms with E-state index in [9.17, 15) is 4.79 Å². The van der Waals surface area contributed by atoms with E-state index in [2.05, 4.69) is 20.8 Å². The van der Waals surface area contributed by atoms with Crippen molar-refractivity contribution >= 4 is 39.7 Å². The van der Waals surface area contributed by atoms with Crippen molar-refractivity contribution in [3.63, 3.8) is 0 Å². The minimum absolute atomic E-state index is 0.134. The second-order valence-electron chi connectivity index (χ2n) is 4.68. The number of halogens is 1. The van der Waals surface area contributed by atoms with Crippen LogP contribution in [0.5, 0.6) is 0 Å². The van der Waals surface area contributed by atoms with Crippen LogP contribution in [-0.2, 0) is 4.79 Å². The van der Waals surface area contributed by atoms with E-state index in [0.29, 0.717) is 16.6 Å². The summed E-state index contributed by atoms with van der Waals surface area (Å²) in [6.07, 6.45) is 0.648. The van der Waals surface area contributed by atoms with Gasteiger partial charge in [-0.05, 0) is 38.0 Å². The standard InChI is InChI=1S/C14H17ClN4OS/c1-4-12(13(20)17-14-19-18-9(3)21-14)16-10-6-5-8(2)11(15)7-10/h5-7,12,16H,4H2,1-3H3,(H,17,19,20)/t12-/m1/s1. The largest absolute Gasteiger partial charge is 0.374 e. The molecule has 21 heavy (non-hydrogen) atoms. The Balaban J connectivity index is 2.04. The average Bonchev–Trinajstić information content (AvgIpc) is 2.85. The monoisotopic (exact) mass is 324 g/mol. The molecular formula is C14H17ClN4OS. The summed E-state index contributed by atoms with van der Waals surface area (Å²) in [4.78, 5) is 12.2. The number of amides is 1. The van der Waals surface area contributed by atoms with Crippen molar-refractivity contribution in [2.75, 3.05) is 10.6 Å². The van der Waals surface area contributed by atoms with E-state index in [1.54, 1.807) is 0 Å². The zero-order valence-electron chi connectivity index (χ0n) is 12.1. The van der Waals surface area contributed by atoms with Crippen molar-refractivity contribution < 1.29 is 4.79 Å². The minimum Gasteiger partial charge on any atom is -0.374 e. The van der Waals surface area contributed by atoms with Crippen LogP contribution in [-0.4, -0.2) is 22.1 Å². The Morgan fingerprint density at radius 3 is 2.71 bits per heavy atom. The molecule has 5 nitrogen and oxygen atoms in total. The van der Waals surface area contributed by atoms with Crippen LogP contribution >= 0.6 is 22.9 Å². The van der Waals surface area contributed by atoms with Gasteiger partial charge in [0, 0.05) is 10.7 Å². The lowest BCUT2D eigenvalue weighted by molar-refractivity contribution is -0.117.